The summed E-state index contributed by atoms with van der Waals surface area (Å²) < 4.78 is 27.1. The Bertz CT molecular complexity index is 870. The summed E-state index contributed by atoms with van der Waals surface area (Å²) in [6, 6.07) is 11.9. The number of amides is 1. The molecule has 26 heavy (non-hydrogen) atoms. The lowest BCUT2D eigenvalue weighted by molar-refractivity contribution is 0.0949. The molecule has 0 atom stereocenters. The number of benzene rings is 1. The van der Waals surface area contributed by atoms with Crippen molar-refractivity contribution in [2.24, 2.45) is 0 Å². The number of hydrogen-bond acceptors (Lipinski definition) is 4. The Morgan fingerprint density at radius 3 is 2.69 bits per heavy atom. The molecule has 0 saturated carbocycles. The number of nitrogens with zero attached hydrogens (tertiary/aromatic N) is 3. The summed E-state index contributed by atoms with van der Waals surface area (Å²) in [7, 11) is 0. The number of aromatic nitrogens is 3. The molecule has 2 heterocycles. The van der Waals surface area contributed by atoms with Crippen LogP contribution in [0.25, 0.3) is 11.5 Å². The van der Waals surface area contributed by atoms with Gasteiger partial charge in [0.15, 0.2) is 5.82 Å². The Morgan fingerprint density at radius 2 is 1.92 bits per heavy atom. The number of halogens is 2. The Labute approximate surface area is 153 Å². The number of carbonyl (C=O) groups excluding carboxylic acids is 1. The minimum atomic E-state index is -2.57. The van der Waals surface area contributed by atoms with Gasteiger partial charge in [-0.1, -0.05) is 30.0 Å². The fraction of sp³-hybridized carbons (Fsp3) is 0.167. The largest absolute Gasteiger partial charge is 0.350 e. The molecule has 0 fully saturated rings. The molecule has 0 saturated heterocycles. The van der Waals surface area contributed by atoms with Crippen molar-refractivity contribution in [2.75, 3.05) is 6.54 Å². The second kappa shape index (κ2) is 8.57. The van der Waals surface area contributed by atoms with E-state index in [-0.39, 0.29) is 16.4 Å². The molecule has 2 aromatic heterocycles. The van der Waals surface area contributed by atoms with E-state index in [0.29, 0.717) is 30.7 Å². The van der Waals surface area contributed by atoms with E-state index >= 15 is 0 Å². The summed E-state index contributed by atoms with van der Waals surface area (Å²) in [5.74, 6) is -2.25. The van der Waals surface area contributed by atoms with Crippen molar-refractivity contribution in [3.05, 3.63) is 66.6 Å². The molecule has 1 amide bonds. The third-order valence-corrected chi connectivity index (χ3v) is 4.38. The summed E-state index contributed by atoms with van der Waals surface area (Å²) in [5.41, 5.74) is 0.982. The van der Waals surface area contributed by atoms with Crippen LogP contribution in [-0.4, -0.2) is 32.7 Å². The molecule has 0 unspecified atom stereocenters. The van der Waals surface area contributed by atoms with E-state index in [2.05, 4.69) is 15.3 Å². The molecule has 8 heteroatoms. The Kier molecular flexibility index (Phi) is 5.96. The van der Waals surface area contributed by atoms with E-state index in [1.807, 2.05) is 22.8 Å². The fourth-order valence-corrected chi connectivity index (χ4v) is 3.09. The monoisotopic (exact) mass is 374 g/mol. The standard InChI is InChI=1S/C18H16F2N4OS/c19-18(20)26-15-7-2-1-5-13(15)17(25)23-10-12-24-11-9-22-16(24)14-6-3-4-8-21-14/h1-9,11,18H,10,12H2,(H,23,25). The van der Waals surface area contributed by atoms with Gasteiger partial charge in [-0.2, -0.15) is 8.78 Å². The van der Waals surface area contributed by atoms with E-state index in [4.69, 9.17) is 0 Å². The van der Waals surface area contributed by atoms with Crippen LogP contribution in [0.1, 0.15) is 10.4 Å². The van der Waals surface area contributed by atoms with Gasteiger partial charge in [-0.05, 0) is 24.3 Å². The number of thioether (sulfide) groups is 1. The first-order valence-electron chi connectivity index (χ1n) is 7.89. The highest BCUT2D eigenvalue weighted by atomic mass is 32.2. The van der Waals surface area contributed by atoms with Crippen LogP contribution in [0.2, 0.25) is 0 Å². The van der Waals surface area contributed by atoms with Gasteiger partial charge in [0.2, 0.25) is 0 Å². The summed E-state index contributed by atoms with van der Waals surface area (Å²) in [6.45, 7) is 0.824. The summed E-state index contributed by atoms with van der Waals surface area (Å²) >= 11 is 0.367. The molecule has 134 valence electrons. The van der Waals surface area contributed by atoms with Crippen LogP contribution in [-0.2, 0) is 6.54 Å². The molecule has 0 aliphatic heterocycles. The van der Waals surface area contributed by atoms with Gasteiger partial charge in [0, 0.05) is 36.6 Å². The lowest BCUT2D eigenvalue weighted by Gasteiger charge is -2.11. The van der Waals surface area contributed by atoms with E-state index in [9.17, 15) is 13.6 Å². The number of alkyl halides is 2. The second-order valence-corrected chi connectivity index (χ2v) is 6.32. The number of pyridine rings is 1. The fourth-order valence-electron chi connectivity index (χ4n) is 2.46. The van der Waals surface area contributed by atoms with Gasteiger partial charge in [0.25, 0.3) is 11.7 Å². The molecule has 0 bridgehead atoms. The number of rotatable bonds is 7. The maximum Gasteiger partial charge on any atom is 0.288 e. The zero-order valence-electron chi connectivity index (χ0n) is 13.7. The molecule has 3 aromatic rings. The van der Waals surface area contributed by atoms with Crippen LogP contribution in [0, 0.1) is 0 Å². The minimum absolute atomic E-state index is 0.244. The number of imidazole rings is 1. The minimum Gasteiger partial charge on any atom is -0.350 e. The van der Waals surface area contributed by atoms with Crippen molar-refractivity contribution in [2.45, 2.75) is 17.2 Å². The van der Waals surface area contributed by atoms with Crippen LogP contribution in [0.5, 0.6) is 0 Å². The van der Waals surface area contributed by atoms with Crippen LogP contribution in [0.15, 0.2) is 66.0 Å². The normalized spacial score (nSPS) is 10.9. The predicted molar refractivity (Wildman–Crippen MR) is 96.1 cm³/mol. The van der Waals surface area contributed by atoms with Crippen LogP contribution in [0.3, 0.4) is 0 Å². The summed E-state index contributed by atoms with van der Waals surface area (Å²) in [6.07, 6.45) is 5.16. The molecular weight excluding hydrogens is 358 g/mol. The van der Waals surface area contributed by atoms with E-state index in [0.717, 1.165) is 5.69 Å². The topological polar surface area (TPSA) is 59.8 Å². The first-order chi connectivity index (χ1) is 12.6. The maximum absolute atomic E-state index is 12.6. The van der Waals surface area contributed by atoms with Crippen molar-refractivity contribution in [3.8, 4) is 11.5 Å². The molecule has 0 aliphatic carbocycles. The highest BCUT2D eigenvalue weighted by Gasteiger charge is 2.15. The van der Waals surface area contributed by atoms with E-state index in [1.54, 1.807) is 30.7 Å². The number of nitrogens with one attached hydrogen (secondary N) is 1. The van der Waals surface area contributed by atoms with Crippen molar-refractivity contribution < 1.29 is 13.6 Å². The first-order valence-corrected chi connectivity index (χ1v) is 8.77. The quantitative estimate of drug-likeness (QED) is 0.641. The highest BCUT2D eigenvalue weighted by Crippen LogP contribution is 2.28. The average molecular weight is 374 g/mol. The molecule has 1 aromatic carbocycles. The molecule has 3 rings (SSSR count). The Balaban J connectivity index is 1.63. The molecule has 0 aliphatic rings. The van der Waals surface area contributed by atoms with Gasteiger partial charge >= 0.3 is 0 Å². The number of hydrogen-bond donors (Lipinski definition) is 1. The van der Waals surface area contributed by atoms with Crippen molar-refractivity contribution in [1.82, 2.24) is 19.9 Å². The van der Waals surface area contributed by atoms with Gasteiger partial charge in [-0.3, -0.25) is 9.78 Å². The number of carbonyl (C=O) groups is 1. The highest BCUT2D eigenvalue weighted by molar-refractivity contribution is 7.99. The van der Waals surface area contributed by atoms with Gasteiger partial charge in [0.05, 0.1) is 5.56 Å². The van der Waals surface area contributed by atoms with Gasteiger partial charge in [-0.15, -0.1) is 0 Å². The lowest BCUT2D eigenvalue weighted by Crippen LogP contribution is -2.27. The van der Waals surface area contributed by atoms with Gasteiger partial charge < -0.3 is 9.88 Å². The van der Waals surface area contributed by atoms with E-state index < -0.39 is 5.76 Å². The molecule has 0 radical (unpaired) electrons. The van der Waals surface area contributed by atoms with Crippen molar-refractivity contribution in [3.63, 3.8) is 0 Å². The average Bonchev–Trinajstić information content (AvgIpc) is 3.11. The smallest absolute Gasteiger partial charge is 0.288 e. The maximum atomic E-state index is 12.6. The first kappa shape index (κ1) is 18.1. The molecular formula is C18H16F2N4OS. The van der Waals surface area contributed by atoms with Gasteiger partial charge in [-0.25, -0.2) is 4.98 Å². The zero-order chi connectivity index (χ0) is 18.4. The van der Waals surface area contributed by atoms with Crippen LogP contribution in [0.4, 0.5) is 8.78 Å². The second-order valence-electron chi connectivity index (χ2n) is 5.29. The van der Waals surface area contributed by atoms with E-state index in [1.165, 1.54) is 12.1 Å². The van der Waals surface area contributed by atoms with Crippen molar-refractivity contribution >= 4 is 17.7 Å². The third kappa shape index (κ3) is 4.45. The lowest BCUT2D eigenvalue weighted by atomic mass is 10.2. The Hall–Kier alpha value is -2.74. The zero-order valence-corrected chi connectivity index (χ0v) is 14.5. The molecule has 5 nitrogen and oxygen atoms in total. The van der Waals surface area contributed by atoms with Crippen molar-refractivity contribution in [1.29, 1.82) is 0 Å². The molecule has 0 spiro atoms. The third-order valence-electron chi connectivity index (χ3n) is 3.60. The predicted octanol–water partition coefficient (Wildman–Crippen LogP) is 3.69. The Morgan fingerprint density at radius 1 is 1.12 bits per heavy atom. The van der Waals surface area contributed by atoms with Gasteiger partial charge in [0.1, 0.15) is 5.69 Å². The molecule has 1 N–H and O–H groups in total. The van der Waals surface area contributed by atoms with Crippen LogP contribution < -0.4 is 5.32 Å². The summed E-state index contributed by atoms with van der Waals surface area (Å²) in [4.78, 5) is 21.1. The SMILES string of the molecule is O=C(NCCn1ccnc1-c1ccccn1)c1ccccc1SC(F)F. The van der Waals surface area contributed by atoms with Crippen LogP contribution >= 0.6 is 11.8 Å². The summed E-state index contributed by atoms with van der Waals surface area (Å²) in [5, 5.41) is 2.76.